The second kappa shape index (κ2) is 9.49. The lowest BCUT2D eigenvalue weighted by atomic mass is 9.86. The van der Waals surface area contributed by atoms with Gasteiger partial charge in [-0.2, -0.15) is 0 Å². The zero-order valence-electron chi connectivity index (χ0n) is 19.7. The predicted octanol–water partition coefficient (Wildman–Crippen LogP) is 5.02. The largest absolute Gasteiger partial charge is 0.489 e. The van der Waals surface area contributed by atoms with E-state index in [1.165, 1.54) is 0 Å². The third-order valence-corrected chi connectivity index (χ3v) is 6.20. The first-order chi connectivity index (χ1) is 15.3. The fourth-order valence-corrected chi connectivity index (χ4v) is 4.39. The Kier molecular flexibility index (Phi) is 6.70. The van der Waals surface area contributed by atoms with E-state index >= 15 is 0 Å². The van der Waals surface area contributed by atoms with E-state index in [0.29, 0.717) is 30.4 Å². The number of nitrogens with one attached hydrogen (secondary N) is 1. The van der Waals surface area contributed by atoms with Crippen LogP contribution in [0.3, 0.4) is 0 Å². The molecule has 0 atom stereocenters. The van der Waals surface area contributed by atoms with E-state index in [2.05, 4.69) is 42.0 Å². The van der Waals surface area contributed by atoms with Crippen molar-refractivity contribution in [3.8, 4) is 5.75 Å². The van der Waals surface area contributed by atoms with Gasteiger partial charge >= 0.3 is 0 Å². The van der Waals surface area contributed by atoms with Crippen LogP contribution in [0, 0.1) is 12.8 Å². The molecule has 1 aromatic heterocycles. The number of anilines is 2. The molecule has 0 unspecified atom stereocenters. The zero-order valence-corrected chi connectivity index (χ0v) is 19.7. The number of aromatic nitrogens is 1. The third kappa shape index (κ3) is 5.41. The van der Waals surface area contributed by atoms with Gasteiger partial charge in [-0.3, -0.25) is 4.79 Å². The standard InChI is InChI=1S/C26H35N3O3/c1-18-8-13-23(27-16-18)29-14-15-31-24-21(6-5-7-22(24)29)25(30)28-20-11-9-19(10-12-20)17-32-26(2,3)4/h5-8,13,16,19-20H,9-12,14-15,17H2,1-4H3,(H,28,30)/t19-,20-. The molecule has 0 radical (unpaired) electrons. The number of benzene rings is 1. The number of pyridine rings is 1. The Bertz CT molecular complexity index is 928. The van der Waals surface area contributed by atoms with E-state index in [1.54, 1.807) is 0 Å². The van der Waals surface area contributed by atoms with E-state index in [4.69, 9.17) is 9.47 Å². The van der Waals surface area contributed by atoms with Crippen LogP contribution in [0.4, 0.5) is 11.5 Å². The van der Waals surface area contributed by atoms with Crippen molar-refractivity contribution in [1.29, 1.82) is 0 Å². The average molecular weight is 438 g/mol. The van der Waals surface area contributed by atoms with Gasteiger partial charge in [0.25, 0.3) is 5.91 Å². The van der Waals surface area contributed by atoms with Crippen LogP contribution in [0.25, 0.3) is 0 Å². The SMILES string of the molecule is Cc1ccc(N2CCOc3c(C(=O)N[C@H]4CC[C@H](COC(C)(C)C)CC4)cccc32)nc1. The second-order valence-corrected chi connectivity index (χ2v) is 9.96. The Morgan fingerprint density at radius 3 is 2.66 bits per heavy atom. The summed E-state index contributed by atoms with van der Waals surface area (Å²) in [4.78, 5) is 19.8. The summed E-state index contributed by atoms with van der Waals surface area (Å²) in [5.74, 6) is 2.03. The molecule has 1 aliphatic carbocycles. The van der Waals surface area contributed by atoms with Crippen molar-refractivity contribution in [2.45, 2.75) is 65.0 Å². The maximum atomic E-state index is 13.2. The number of fused-ring (bicyclic) bond motifs is 1. The molecule has 0 spiro atoms. The predicted molar refractivity (Wildman–Crippen MR) is 127 cm³/mol. The van der Waals surface area contributed by atoms with Gasteiger partial charge in [0.05, 0.1) is 30.0 Å². The first kappa shape index (κ1) is 22.6. The second-order valence-electron chi connectivity index (χ2n) is 9.96. The molecule has 2 aliphatic rings. The molecule has 2 heterocycles. The number of rotatable bonds is 5. The minimum absolute atomic E-state index is 0.0602. The fraction of sp³-hybridized carbons (Fsp3) is 0.538. The van der Waals surface area contributed by atoms with Gasteiger partial charge < -0.3 is 19.7 Å². The Balaban J connectivity index is 1.41. The fourth-order valence-electron chi connectivity index (χ4n) is 4.39. The van der Waals surface area contributed by atoms with Crippen LogP contribution in [-0.2, 0) is 4.74 Å². The van der Waals surface area contributed by atoms with E-state index in [-0.39, 0.29) is 17.6 Å². The Morgan fingerprint density at radius 1 is 1.19 bits per heavy atom. The third-order valence-electron chi connectivity index (χ3n) is 6.20. The van der Waals surface area contributed by atoms with Crippen LogP contribution in [0.5, 0.6) is 5.75 Å². The smallest absolute Gasteiger partial charge is 0.255 e. The first-order valence-electron chi connectivity index (χ1n) is 11.7. The van der Waals surface area contributed by atoms with Gasteiger partial charge in [-0.05, 0) is 83.1 Å². The number of para-hydroxylation sites is 1. The molecule has 1 aliphatic heterocycles. The average Bonchev–Trinajstić information content (AvgIpc) is 2.78. The van der Waals surface area contributed by atoms with Crippen LogP contribution in [-0.4, -0.2) is 42.3 Å². The molecule has 172 valence electrons. The molecule has 1 amide bonds. The number of hydrogen-bond acceptors (Lipinski definition) is 5. The van der Waals surface area contributed by atoms with E-state index in [1.807, 2.05) is 37.4 Å². The summed E-state index contributed by atoms with van der Waals surface area (Å²) in [6, 6.07) is 10.0. The lowest BCUT2D eigenvalue weighted by Gasteiger charge is -2.33. The molecule has 2 aromatic rings. The lowest BCUT2D eigenvalue weighted by molar-refractivity contribution is -0.0288. The van der Waals surface area contributed by atoms with E-state index < -0.39 is 0 Å². The van der Waals surface area contributed by atoms with Crippen LogP contribution >= 0.6 is 0 Å². The highest BCUT2D eigenvalue weighted by Gasteiger charge is 2.28. The highest BCUT2D eigenvalue weighted by atomic mass is 16.5. The summed E-state index contributed by atoms with van der Waals surface area (Å²) in [6.07, 6.45) is 6.00. The summed E-state index contributed by atoms with van der Waals surface area (Å²) in [7, 11) is 0. The van der Waals surface area contributed by atoms with Gasteiger partial charge in [0.2, 0.25) is 0 Å². The Hall–Kier alpha value is -2.60. The number of amides is 1. The number of nitrogens with zero attached hydrogens (tertiary/aromatic N) is 2. The summed E-state index contributed by atoms with van der Waals surface area (Å²) in [6.45, 7) is 10.3. The Morgan fingerprint density at radius 2 is 1.97 bits per heavy atom. The van der Waals surface area contributed by atoms with Crippen LogP contribution < -0.4 is 15.0 Å². The topological polar surface area (TPSA) is 63.7 Å². The van der Waals surface area contributed by atoms with Crippen LogP contribution in [0.15, 0.2) is 36.5 Å². The molecule has 6 heteroatoms. The maximum Gasteiger partial charge on any atom is 0.255 e. The van der Waals surface area contributed by atoms with Gasteiger partial charge in [-0.1, -0.05) is 12.1 Å². The van der Waals surface area contributed by atoms with Gasteiger partial charge in [0.1, 0.15) is 12.4 Å². The normalized spacial score (nSPS) is 20.9. The molecular formula is C26H35N3O3. The number of ether oxygens (including phenoxy) is 2. The molecule has 1 N–H and O–H groups in total. The number of hydrogen-bond donors (Lipinski definition) is 1. The van der Waals surface area contributed by atoms with Gasteiger partial charge in [0.15, 0.2) is 5.75 Å². The summed E-state index contributed by atoms with van der Waals surface area (Å²) < 4.78 is 11.9. The highest BCUT2D eigenvalue weighted by molar-refractivity contribution is 5.99. The van der Waals surface area contributed by atoms with Gasteiger partial charge in [-0.15, -0.1) is 0 Å². The van der Waals surface area contributed by atoms with Crippen molar-refractivity contribution in [3.05, 3.63) is 47.7 Å². The molecule has 1 fully saturated rings. The summed E-state index contributed by atoms with van der Waals surface area (Å²) in [5.41, 5.74) is 2.51. The quantitative estimate of drug-likeness (QED) is 0.711. The van der Waals surface area contributed by atoms with Gasteiger partial charge in [-0.25, -0.2) is 4.98 Å². The molecular weight excluding hydrogens is 402 g/mol. The minimum Gasteiger partial charge on any atom is -0.489 e. The number of aryl methyl sites for hydroxylation is 1. The first-order valence-corrected chi connectivity index (χ1v) is 11.7. The van der Waals surface area contributed by atoms with Gasteiger partial charge in [0, 0.05) is 12.2 Å². The Labute approximate surface area is 191 Å². The highest BCUT2D eigenvalue weighted by Crippen LogP contribution is 2.38. The van der Waals surface area contributed by atoms with Crippen molar-refractivity contribution in [1.82, 2.24) is 10.3 Å². The summed E-state index contributed by atoms with van der Waals surface area (Å²) in [5, 5.41) is 3.25. The monoisotopic (exact) mass is 437 g/mol. The molecule has 1 aromatic carbocycles. The van der Waals surface area contributed by atoms with Crippen molar-refractivity contribution < 1.29 is 14.3 Å². The van der Waals surface area contributed by atoms with Crippen molar-refractivity contribution >= 4 is 17.4 Å². The molecule has 1 saturated carbocycles. The maximum absolute atomic E-state index is 13.2. The van der Waals surface area contributed by atoms with Crippen molar-refractivity contribution in [3.63, 3.8) is 0 Å². The molecule has 4 rings (SSSR count). The minimum atomic E-state index is -0.0978. The molecule has 6 nitrogen and oxygen atoms in total. The van der Waals surface area contributed by atoms with E-state index in [0.717, 1.165) is 49.4 Å². The van der Waals surface area contributed by atoms with Crippen molar-refractivity contribution in [2.75, 3.05) is 24.7 Å². The lowest BCUT2D eigenvalue weighted by Crippen LogP contribution is -2.39. The van der Waals surface area contributed by atoms with Crippen LogP contribution in [0.1, 0.15) is 62.4 Å². The summed E-state index contributed by atoms with van der Waals surface area (Å²) >= 11 is 0. The number of carbonyl (C=O) groups is 1. The van der Waals surface area contributed by atoms with E-state index in [9.17, 15) is 4.79 Å². The molecule has 32 heavy (non-hydrogen) atoms. The van der Waals surface area contributed by atoms with Crippen molar-refractivity contribution in [2.24, 2.45) is 5.92 Å². The zero-order chi connectivity index (χ0) is 22.7. The number of carbonyl (C=O) groups excluding carboxylic acids is 1. The molecule has 0 saturated heterocycles. The molecule has 0 bridgehead atoms. The van der Waals surface area contributed by atoms with Crippen LogP contribution in [0.2, 0.25) is 0 Å².